The van der Waals surface area contributed by atoms with E-state index < -0.39 is 0 Å². The average molecular weight is 372 g/mol. The van der Waals surface area contributed by atoms with Gasteiger partial charge in [0, 0.05) is 42.2 Å². The van der Waals surface area contributed by atoms with Crippen molar-refractivity contribution in [1.29, 1.82) is 0 Å². The van der Waals surface area contributed by atoms with Crippen LogP contribution < -0.4 is 11.1 Å². The topological polar surface area (TPSA) is 67.6 Å². The molecule has 0 spiro atoms. The van der Waals surface area contributed by atoms with E-state index in [9.17, 15) is 9.18 Å². The highest BCUT2D eigenvalue weighted by Gasteiger charge is 2.30. The van der Waals surface area contributed by atoms with Crippen LogP contribution in [-0.2, 0) is 9.53 Å². The summed E-state index contributed by atoms with van der Waals surface area (Å²) in [5.74, 6) is -0.833. The SMILES string of the molecule is CC1CN(C(CNC(=O)C(C)C(C)N)c2c(F)cccc2Cl)CCO1. The summed E-state index contributed by atoms with van der Waals surface area (Å²) < 4.78 is 20.1. The number of halogens is 2. The Kier molecular flexibility index (Phi) is 7.19. The highest BCUT2D eigenvalue weighted by molar-refractivity contribution is 6.31. The standard InChI is InChI=1S/C18H27ClFN3O2/c1-11-10-23(7-8-25-11)16(9-22-18(24)12(2)13(3)21)17-14(19)5-4-6-15(17)20/h4-6,11-13,16H,7-10,21H2,1-3H3,(H,22,24). The van der Waals surface area contributed by atoms with E-state index in [1.807, 2.05) is 6.92 Å². The minimum Gasteiger partial charge on any atom is -0.376 e. The number of nitrogens with two attached hydrogens (primary N) is 1. The second-order valence-electron chi connectivity index (χ2n) is 6.72. The molecular weight excluding hydrogens is 345 g/mol. The van der Waals surface area contributed by atoms with Crippen LogP contribution in [0.2, 0.25) is 5.02 Å². The van der Waals surface area contributed by atoms with E-state index in [2.05, 4.69) is 10.2 Å². The molecule has 1 saturated heterocycles. The summed E-state index contributed by atoms with van der Waals surface area (Å²) in [6, 6.07) is 4.04. The maximum atomic E-state index is 14.5. The van der Waals surface area contributed by atoms with Crippen molar-refractivity contribution in [1.82, 2.24) is 10.2 Å². The van der Waals surface area contributed by atoms with Gasteiger partial charge in [-0.2, -0.15) is 0 Å². The molecule has 1 aromatic carbocycles. The molecule has 7 heteroatoms. The smallest absolute Gasteiger partial charge is 0.224 e. The summed E-state index contributed by atoms with van der Waals surface area (Å²) >= 11 is 6.28. The molecule has 0 aliphatic carbocycles. The van der Waals surface area contributed by atoms with Gasteiger partial charge in [0.1, 0.15) is 5.82 Å². The molecule has 5 nitrogen and oxygen atoms in total. The monoisotopic (exact) mass is 371 g/mol. The van der Waals surface area contributed by atoms with E-state index in [0.29, 0.717) is 30.3 Å². The molecule has 0 bridgehead atoms. The molecule has 3 N–H and O–H groups in total. The number of hydrogen-bond donors (Lipinski definition) is 2. The molecule has 1 amide bonds. The lowest BCUT2D eigenvalue weighted by Gasteiger charge is -2.38. The maximum absolute atomic E-state index is 14.5. The van der Waals surface area contributed by atoms with E-state index in [1.165, 1.54) is 6.07 Å². The number of rotatable bonds is 6. The van der Waals surface area contributed by atoms with E-state index in [4.69, 9.17) is 22.1 Å². The van der Waals surface area contributed by atoms with Gasteiger partial charge in [0.05, 0.1) is 18.8 Å². The quantitative estimate of drug-likeness (QED) is 0.805. The molecule has 0 aromatic heterocycles. The highest BCUT2D eigenvalue weighted by atomic mass is 35.5. The van der Waals surface area contributed by atoms with Gasteiger partial charge in [-0.15, -0.1) is 0 Å². The third-order valence-corrected chi connectivity index (χ3v) is 5.05. The fourth-order valence-corrected chi connectivity index (χ4v) is 3.26. The third-order valence-electron chi connectivity index (χ3n) is 4.72. The Bertz CT molecular complexity index is 579. The average Bonchev–Trinajstić information content (AvgIpc) is 2.56. The molecule has 1 fully saturated rings. The normalized spacial score (nSPS) is 22.2. The van der Waals surface area contributed by atoms with Crippen molar-refractivity contribution in [3.63, 3.8) is 0 Å². The number of carbonyl (C=O) groups is 1. The van der Waals surface area contributed by atoms with Crippen LogP contribution in [0.25, 0.3) is 0 Å². The number of hydrogen-bond acceptors (Lipinski definition) is 4. The van der Waals surface area contributed by atoms with Crippen LogP contribution in [0, 0.1) is 11.7 Å². The van der Waals surface area contributed by atoms with E-state index in [1.54, 1.807) is 26.0 Å². The van der Waals surface area contributed by atoms with Gasteiger partial charge in [-0.1, -0.05) is 24.6 Å². The fourth-order valence-electron chi connectivity index (χ4n) is 2.97. The van der Waals surface area contributed by atoms with Crippen molar-refractivity contribution in [2.75, 3.05) is 26.2 Å². The zero-order chi connectivity index (χ0) is 18.6. The molecule has 2 rings (SSSR count). The van der Waals surface area contributed by atoms with Crippen molar-refractivity contribution in [3.05, 3.63) is 34.6 Å². The van der Waals surface area contributed by atoms with Crippen LogP contribution in [-0.4, -0.2) is 49.2 Å². The Morgan fingerprint density at radius 1 is 1.52 bits per heavy atom. The van der Waals surface area contributed by atoms with E-state index >= 15 is 0 Å². The van der Waals surface area contributed by atoms with Crippen molar-refractivity contribution in [2.24, 2.45) is 11.7 Å². The van der Waals surface area contributed by atoms with Gasteiger partial charge in [-0.05, 0) is 26.0 Å². The first-order valence-electron chi connectivity index (χ1n) is 8.64. The van der Waals surface area contributed by atoms with E-state index in [0.717, 1.165) is 0 Å². The number of morpholine rings is 1. The Morgan fingerprint density at radius 3 is 2.84 bits per heavy atom. The molecule has 1 heterocycles. The summed E-state index contributed by atoms with van der Waals surface area (Å²) in [6.07, 6.45) is 0.0421. The summed E-state index contributed by atoms with van der Waals surface area (Å²) in [5, 5.41) is 3.26. The highest BCUT2D eigenvalue weighted by Crippen LogP contribution is 2.31. The summed E-state index contributed by atoms with van der Waals surface area (Å²) in [4.78, 5) is 14.4. The molecule has 4 unspecified atom stereocenters. The van der Waals surface area contributed by atoms with Crippen LogP contribution in [0.1, 0.15) is 32.4 Å². The summed E-state index contributed by atoms with van der Waals surface area (Å²) in [7, 11) is 0. The zero-order valence-electron chi connectivity index (χ0n) is 15.0. The number of benzene rings is 1. The molecular formula is C18H27ClFN3O2. The lowest BCUT2D eigenvalue weighted by molar-refractivity contribution is -0.125. The Hall–Kier alpha value is -1.21. The second-order valence-corrected chi connectivity index (χ2v) is 7.13. The van der Waals surface area contributed by atoms with E-state index in [-0.39, 0.29) is 42.4 Å². The lowest BCUT2D eigenvalue weighted by atomic mass is 10.0. The molecule has 1 aliphatic heterocycles. The number of carbonyl (C=O) groups excluding carboxylic acids is 1. The maximum Gasteiger partial charge on any atom is 0.224 e. The molecule has 1 aliphatic rings. The fraction of sp³-hybridized carbons (Fsp3) is 0.611. The molecule has 140 valence electrons. The number of amides is 1. The van der Waals surface area contributed by atoms with Gasteiger partial charge >= 0.3 is 0 Å². The molecule has 25 heavy (non-hydrogen) atoms. The number of nitrogens with one attached hydrogen (secondary N) is 1. The first-order valence-corrected chi connectivity index (χ1v) is 9.02. The number of ether oxygens (including phenoxy) is 1. The zero-order valence-corrected chi connectivity index (χ0v) is 15.7. The molecule has 0 radical (unpaired) electrons. The summed E-state index contributed by atoms with van der Waals surface area (Å²) in [6.45, 7) is 7.67. The van der Waals surface area contributed by atoms with Crippen LogP contribution in [0.15, 0.2) is 18.2 Å². The van der Waals surface area contributed by atoms with Crippen LogP contribution >= 0.6 is 11.6 Å². The Labute approximate surface area is 153 Å². The largest absolute Gasteiger partial charge is 0.376 e. The molecule has 0 saturated carbocycles. The van der Waals surface area contributed by atoms with Crippen LogP contribution in [0.3, 0.4) is 0 Å². The molecule has 4 atom stereocenters. The predicted molar refractivity (Wildman–Crippen MR) is 97.0 cm³/mol. The third kappa shape index (κ3) is 5.14. The van der Waals surface area contributed by atoms with Crippen molar-refractivity contribution >= 4 is 17.5 Å². The van der Waals surface area contributed by atoms with Crippen LogP contribution in [0.4, 0.5) is 4.39 Å². The van der Waals surface area contributed by atoms with Crippen molar-refractivity contribution in [2.45, 2.75) is 39.0 Å². The van der Waals surface area contributed by atoms with Crippen molar-refractivity contribution in [3.8, 4) is 0 Å². The Morgan fingerprint density at radius 2 is 2.24 bits per heavy atom. The second kappa shape index (κ2) is 8.94. The first-order chi connectivity index (χ1) is 11.8. The lowest BCUT2D eigenvalue weighted by Crippen LogP contribution is -2.48. The van der Waals surface area contributed by atoms with Gasteiger partial charge < -0.3 is 15.8 Å². The predicted octanol–water partition coefficient (Wildman–Crippen LogP) is 2.34. The van der Waals surface area contributed by atoms with Gasteiger partial charge in [-0.25, -0.2) is 4.39 Å². The summed E-state index contributed by atoms with van der Waals surface area (Å²) in [5.41, 5.74) is 6.20. The minimum absolute atomic E-state index is 0.0421. The Balaban J connectivity index is 2.22. The van der Waals surface area contributed by atoms with Gasteiger partial charge in [0.25, 0.3) is 0 Å². The minimum atomic E-state index is -0.369. The van der Waals surface area contributed by atoms with Gasteiger partial charge in [0.15, 0.2) is 0 Å². The van der Waals surface area contributed by atoms with Crippen molar-refractivity contribution < 1.29 is 13.9 Å². The first kappa shape index (κ1) is 20.1. The molecule has 1 aromatic rings. The van der Waals surface area contributed by atoms with Gasteiger partial charge in [-0.3, -0.25) is 9.69 Å². The van der Waals surface area contributed by atoms with Crippen LogP contribution in [0.5, 0.6) is 0 Å². The van der Waals surface area contributed by atoms with Gasteiger partial charge in [0.2, 0.25) is 5.91 Å². The number of nitrogens with zero attached hydrogens (tertiary/aromatic N) is 1.